The molecule has 4 rings (SSSR count). The van der Waals surface area contributed by atoms with Gasteiger partial charge < -0.3 is 4.90 Å². The summed E-state index contributed by atoms with van der Waals surface area (Å²) in [6.07, 6.45) is 0.775. The fraction of sp³-hybridized carbons (Fsp3) is 0.400. The quantitative estimate of drug-likeness (QED) is 0.556. The molecule has 0 atom stereocenters. The number of anilines is 1. The summed E-state index contributed by atoms with van der Waals surface area (Å²) < 4.78 is 2.01. The molecule has 2 heterocycles. The SMILES string of the molecule is CCC(C)(C)C(=O)N1Cc2ccccc2-c2c(nnn2C(C)(C)C)-c2ccccc21. The lowest BCUT2D eigenvalue weighted by molar-refractivity contribution is -0.126. The van der Waals surface area contributed by atoms with Crippen LogP contribution in [-0.4, -0.2) is 20.9 Å². The van der Waals surface area contributed by atoms with Gasteiger partial charge in [0.2, 0.25) is 5.91 Å². The van der Waals surface area contributed by atoms with E-state index >= 15 is 0 Å². The topological polar surface area (TPSA) is 51.0 Å². The molecule has 1 aliphatic heterocycles. The van der Waals surface area contributed by atoms with Gasteiger partial charge in [0.05, 0.1) is 23.5 Å². The monoisotopic (exact) mass is 402 g/mol. The Morgan fingerprint density at radius 1 is 0.967 bits per heavy atom. The molecule has 0 unspecified atom stereocenters. The molecule has 0 bridgehead atoms. The normalized spacial score (nSPS) is 13.7. The van der Waals surface area contributed by atoms with Crippen molar-refractivity contribution >= 4 is 11.6 Å². The van der Waals surface area contributed by atoms with Gasteiger partial charge in [-0.25, -0.2) is 4.68 Å². The van der Waals surface area contributed by atoms with Crippen LogP contribution < -0.4 is 4.90 Å². The number of hydrogen-bond acceptors (Lipinski definition) is 3. The Hall–Kier alpha value is -2.95. The number of fused-ring (bicyclic) bond motifs is 5. The molecule has 5 heteroatoms. The third-order valence-corrected chi connectivity index (χ3v) is 6.06. The second kappa shape index (κ2) is 7.08. The number of nitrogens with zero attached hydrogens (tertiary/aromatic N) is 4. The molecule has 1 aromatic heterocycles. The molecule has 0 N–H and O–H groups in total. The van der Waals surface area contributed by atoms with Crippen molar-refractivity contribution in [3.05, 3.63) is 54.1 Å². The summed E-state index contributed by atoms with van der Waals surface area (Å²) in [5.74, 6) is 0.124. The molecular formula is C25H30N4O. The number of hydrogen-bond donors (Lipinski definition) is 0. The van der Waals surface area contributed by atoms with Crippen LogP contribution in [0.3, 0.4) is 0 Å². The largest absolute Gasteiger partial charge is 0.307 e. The number of rotatable bonds is 2. The molecule has 0 fully saturated rings. The molecule has 1 amide bonds. The highest BCUT2D eigenvalue weighted by Gasteiger charge is 2.36. The first-order valence-electron chi connectivity index (χ1n) is 10.6. The van der Waals surface area contributed by atoms with E-state index in [2.05, 4.69) is 50.1 Å². The maximum absolute atomic E-state index is 13.6. The molecule has 2 aromatic carbocycles. The number of para-hydroxylation sites is 1. The van der Waals surface area contributed by atoms with Crippen LogP contribution in [0.5, 0.6) is 0 Å². The fourth-order valence-electron chi connectivity index (χ4n) is 3.93. The van der Waals surface area contributed by atoms with Gasteiger partial charge in [-0.3, -0.25) is 4.79 Å². The predicted molar refractivity (Wildman–Crippen MR) is 121 cm³/mol. The van der Waals surface area contributed by atoms with Crippen LogP contribution in [0.2, 0.25) is 0 Å². The number of amides is 1. The minimum Gasteiger partial charge on any atom is -0.307 e. The van der Waals surface area contributed by atoms with E-state index in [-0.39, 0.29) is 11.4 Å². The van der Waals surface area contributed by atoms with Crippen molar-refractivity contribution in [3.8, 4) is 22.5 Å². The van der Waals surface area contributed by atoms with Crippen LogP contribution in [0, 0.1) is 5.41 Å². The zero-order valence-corrected chi connectivity index (χ0v) is 18.7. The van der Waals surface area contributed by atoms with Gasteiger partial charge in [0, 0.05) is 16.5 Å². The smallest absolute Gasteiger partial charge is 0.232 e. The van der Waals surface area contributed by atoms with Crippen molar-refractivity contribution in [2.45, 2.75) is 60.0 Å². The lowest BCUT2D eigenvalue weighted by atomic mass is 9.87. The Balaban J connectivity index is 2.05. The zero-order valence-electron chi connectivity index (χ0n) is 18.7. The molecular weight excluding hydrogens is 372 g/mol. The highest BCUT2D eigenvalue weighted by molar-refractivity contribution is 6.02. The van der Waals surface area contributed by atoms with Crippen molar-refractivity contribution in [1.29, 1.82) is 0 Å². The van der Waals surface area contributed by atoms with E-state index in [0.717, 1.165) is 40.2 Å². The van der Waals surface area contributed by atoms with Crippen molar-refractivity contribution in [1.82, 2.24) is 15.0 Å². The number of aromatic nitrogens is 3. The lowest BCUT2D eigenvalue weighted by Crippen LogP contribution is -2.41. The lowest BCUT2D eigenvalue weighted by Gasteiger charge is -2.34. The van der Waals surface area contributed by atoms with Gasteiger partial charge in [-0.05, 0) is 38.8 Å². The maximum atomic E-state index is 13.6. The first-order valence-corrected chi connectivity index (χ1v) is 10.6. The van der Waals surface area contributed by atoms with Gasteiger partial charge in [-0.1, -0.05) is 68.4 Å². The summed E-state index contributed by atoms with van der Waals surface area (Å²) >= 11 is 0. The third-order valence-electron chi connectivity index (χ3n) is 6.06. The number of benzene rings is 2. The van der Waals surface area contributed by atoms with Crippen LogP contribution in [0.25, 0.3) is 22.5 Å². The average molecular weight is 403 g/mol. The minimum atomic E-state index is -0.451. The summed E-state index contributed by atoms with van der Waals surface area (Å²) in [5, 5.41) is 9.16. The molecule has 0 spiro atoms. The summed E-state index contributed by atoms with van der Waals surface area (Å²) in [6.45, 7) is 13.0. The Bertz CT molecular complexity index is 1100. The Morgan fingerprint density at radius 2 is 1.60 bits per heavy atom. The third kappa shape index (κ3) is 3.22. The van der Waals surface area contributed by atoms with Crippen molar-refractivity contribution < 1.29 is 4.79 Å². The molecule has 0 saturated heterocycles. The van der Waals surface area contributed by atoms with Crippen LogP contribution in [0.4, 0.5) is 5.69 Å². The average Bonchev–Trinajstić information content (AvgIpc) is 3.15. The van der Waals surface area contributed by atoms with Crippen LogP contribution in [0.15, 0.2) is 48.5 Å². The predicted octanol–water partition coefficient (Wildman–Crippen LogP) is 5.65. The van der Waals surface area contributed by atoms with E-state index in [4.69, 9.17) is 0 Å². The van der Waals surface area contributed by atoms with E-state index in [9.17, 15) is 4.79 Å². The molecule has 0 aliphatic carbocycles. The molecule has 1 aliphatic rings. The molecule has 5 nitrogen and oxygen atoms in total. The van der Waals surface area contributed by atoms with Crippen LogP contribution in [-0.2, 0) is 16.9 Å². The van der Waals surface area contributed by atoms with Gasteiger partial charge >= 0.3 is 0 Å². The van der Waals surface area contributed by atoms with Crippen LogP contribution >= 0.6 is 0 Å². The second-order valence-electron chi connectivity index (χ2n) is 9.67. The Morgan fingerprint density at radius 3 is 2.27 bits per heavy atom. The van der Waals surface area contributed by atoms with Gasteiger partial charge in [0.15, 0.2) is 0 Å². The van der Waals surface area contributed by atoms with E-state index in [1.54, 1.807) is 0 Å². The van der Waals surface area contributed by atoms with Gasteiger partial charge in [-0.15, -0.1) is 5.10 Å². The highest BCUT2D eigenvalue weighted by Crippen LogP contribution is 2.43. The molecule has 0 radical (unpaired) electrons. The van der Waals surface area contributed by atoms with Crippen molar-refractivity contribution in [3.63, 3.8) is 0 Å². The summed E-state index contributed by atoms with van der Waals surface area (Å²) in [4.78, 5) is 15.6. The maximum Gasteiger partial charge on any atom is 0.232 e. The van der Waals surface area contributed by atoms with Gasteiger partial charge in [0.1, 0.15) is 5.69 Å². The van der Waals surface area contributed by atoms with Gasteiger partial charge in [-0.2, -0.15) is 0 Å². The van der Waals surface area contributed by atoms with E-state index in [1.165, 1.54) is 0 Å². The number of carbonyl (C=O) groups is 1. The van der Waals surface area contributed by atoms with E-state index in [0.29, 0.717) is 6.54 Å². The first kappa shape index (κ1) is 20.3. The standard InChI is InChI=1S/C25H30N4O/c1-7-25(5,6)23(30)28-16-17-12-8-9-13-18(17)22-21(19-14-10-11-15-20(19)28)26-27-29(22)24(2,3)4/h8-15H,7,16H2,1-6H3. The molecule has 0 saturated carbocycles. The van der Waals surface area contributed by atoms with Crippen molar-refractivity contribution in [2.75, 3.05) is 4.90 Å². The minimum absolute atomic E-state index is 0.124. The summed E-state index contributed by atoms with van der Waals surface area (Å²) in [5.41, 5.74) is 5.16. The molecule has 3 aromatic rings. The molecule has 30 heavy (non-hydrogen) atoms. The summed E-state index contributed by atoms with van der Waals surface area (Å²) in [7, 11) is 0. The van der Waals surface area contributed by atoms with E-state index < -0.39 is 5.41 Å². The fourth-order valence-corrected chi connectivity index (χ4v) is 3.93. The van der Waals surface area contributed by atoms with Crippen molar-refractivity contribution in [2.24, 2.45) is 5.41 Å². The summed E-state index contributed by atoms with van der Waals surface area (Å²) in [6, 6.07) is 16.3. The Kier molecular flexibility index (Phi) is 4.80. The van der Waals surface area contributed by atoms with E-state index in [1.807, 2.05) is 59.8 Å². The van der Waals surface area contributed by atoms with Crippen LogP contribution in [0.1, 0.15) is 53.5 Å². The first-order chi connectivity index (χ1) is 14.1. The van der Waals surface area contributed by atoms with Gasteiger partial charge in [0.25, 0.3) is 0 Å². The Labute approximate surface area is 178 Å². The number of carbonyl (C=O) groups excluding carboxylic acids is 1. The molecule has 156 valence electrons. The zero-order chi connectivity index (χ0) is 21.7. The second-order valence-corrected chi connectivity index (χ2v) is 9.67. The highest BCUT2D eigenvalue weighted by atomic mass is 16.2.